The number of likely N-dealkylation sites (tertiary alicyclic amines) is 1. The molecule has 0 aromatic heterocycles. The Kier molecular flexibility index (Phi) is 7.36. The van der Waals surface area contributed by atoms with Gasteiger partial charge in [0.15, 0.2) is 0 Å². The summed E-state index contributed by atoms with van der Waals surface area (Å²) in [5, 5.41) is 13.0. The average molecular weight is 661 g/mol. The number of amides is 4. The van der Waals surface area contributed by atoms with E-state index in [1.54, 1.807) is 74.7 Å². The first kappa shape index (κ1) is 30.3. The number of ether oxygens (including phenoxy) is 1. The van der Waals surface area contributed by atoms with Crippen molar-refractivity contribution in [3.63, 3.8) is 0 Å². The average Bonchev–Trinajstić information content (AvgIpc) is 3.43. The highest BCUT2D eigenvalue weighted by Gasteiger charge is 2.70. The Bertz CT molecular complexity index is 1830. The molecule has 236 valence electrons. The second-order valence-corrected chi connectivity index (χ2v) is 13.0. The third-order valence-electron chi connectivity index (χ3n) is 10.2. The molecular weight excluding hydrogens is 629 g/mol. The number of phenolic OH excluding ortho intramolecular Hbond substituents is 1. The molecule has 2 N–H and O–H groups in total. The summed E-state index contributed by atoms with van der Waals surface area (Å²) in [5.41, 5.74) is 3.52. The number of hydrazine groups is 1. The van der Waals surface area contributed by atoms with Crippen LogP contribution >= 0.6 is 23.2 Å². The van der Waals surface area contributed by atoms with E-state index in [9.17, 15) is 19.5 Å². The van der Waals surface area contributed by atoms with Gasteiger partial charge >= 0.3 is 0 Å². The van der Waals surface area contributed by atoms with Crippen molar-refractivity contribution in [2.24, 2.45) is 23.7 Å². The number of nitrogens with zero attached hydrogens (tertiary/aromatic N) is 2. The number of allylic oxidation sites excluding steroid dienone is 2. The molecule has 6 atom stereocenters. The largest absolute Gasteiger partial charge is 0.508 e. The molecule has 46 heavy (non-hydrogen) atoms. The van der Waals surface area contributed by atoms with Crippen LogP contribution in [0.4, 0.5) is 5.69 Å². The zero-order valence-corrected chi connectivity index (χ0v) is 26.6. The number of methoxy groups -OCH3 is 1. The summed E-state index contributed by atoms with van der Waals surface area (Å²) in [6, 6.07) is 18.5. The molecule has 9 nitrogen and oxygen atoms in total. The van der Waals surface area contributed by atoms with Crippen molar-refractivity contribution < 1.29 is 29.0 Å². The second kappa shape index (κ2) is 11.2. The number of hydrogen-bond donors (Lipinski definition) is 2. The van der Waals surface area contributed by atoms with E-state index in [1.807, 2.05) is 6.08 Å². The monoisotopic (exact) mass is 659 g/mol. The number of hydrogen-bond acceptors (Lipinski definition) is 7. The molecule has 2 aliphatic heterocycles. The molecule has 0 radical (unpaired) electrons. The van der Waals surface area contributed by atoms with Crippen LogP contribution in [-0.2, 0) is 24.6 Å². The van der Waals surface area contributed by atoms with Gasteiger partial charge in [-0.05, 0) is 67.6 Å². The molecule has 7 rings (SSSR count). The summed E-state index contributed by atoms with van der Waals surface area (Å²) in [5.74, 6) is -4.52. The third-order valence-corrected chi connectivity index (χ3v) is 10.8. The number of phenols is 1. The molecule has 4 amide bonds. The van der Waals surface area contributed by atoms with Crippen LogP contribution in [0.2, 0.25) is 10.0 Å². The highest BCUT2D eigenvalue weighted by Crippen LogP contribution is 2.65. The Morgan fingerprint density at radius 1 is 0.957 bits per heavy atom. The zero-order chi connectivity index (χ0) is 32.5. The molecule has 3 aromatic carbocycles. The topological polar surface area (TPSA) is 116 Å². The van der Waals surface area contributed by atoms with E-state index >= 15 is 4.79 Å². The van der Waals surface area contributed by atoms with Crippen LogP contribution in [0.15, 0.2) is 78.4 Å². The standard InChI is InChI=1S/C35H31Cl2N3O6/c1-3-39-31(42)23-14-13-21-24(29(23)33(39)44)17-25-32(43)40(38-27-15-10-19(36)16-26(27)37)34(45)35(25,18-8-11-20(46-2)12-9-18)30(21)22-6-4-5-7-28(22)41/h4-13,15-16,23-25,29-30,38,41H,3,14,17H2,1-2H3. The van der Waals surface area contributed by atoms with Gasteiger partial charge in [-0.1, -0.05) is 65.2 Å². The van der Waals surface area contributed by atoms with Gasteiger partial charge in [0.05, 0.1) is 41.0 Å². The van der Waals surface area contributed by atoms with Gasteiger partial charge < -0.3 is 9.84 Å². The fourth-order valence-corrected chi connectivity index (χ4v) is 8.75. The molecule has 0 spiro atoms. The van der Waals surface area contributed by atoms with E-state index in [2.05, 4.69) is 5.43 Å². The van der Waals surface area contributed by atoms with E-state index in [0.29, 0.717) is 34.0 Å². The Balaban J connectivity index is 1.47. The van der Waals surface area contributed by atoms with Crippen molar-refractivity contribution in [2.75, 3.05) is 19.1 Å². The summed E-state index contributed by atoms with van der Waals surface area (Å²) < 4.78 is 5.42. The van der Waals surface area contributed by atoms with Gasteiger partial charge in [0.2, 0.25) is 11.8 Å². The highest BCUT2D eigenvalue weighted by atomic mass is 35.5. The number of halogens is 2. The SMILES string of the molecule is CCN1C(=O)C2CC=C3C(CC4C(=O)N(Nc5ccc(Cl)cc5Cl)C(=O)C4(c4ccc(OC)cc4)C3c3ccccc3O)C2C1=O. The first-order valence-corrected chi connectivity index (χ1v) is 16.0. The van der Waals surface area contributed by atoms with Crippen LogP contribution in [0.5, 0.6) is 11.5 Å². The van der Waals surface area contributed by atoms with Gasteiger partial charge in [0, 0.05) is 23.0 Å². The minimum absolute atomic E-state index is 0.0424. The Morgan fingerprint density at radius 3 is 2.37 bits per heavy atom. The van der Waals surface area contributed by atoms with E-state index in [-0.39, 0.29) is 35.6 Å². The van der Waals surface area contributed by atoms with Crippen molar-refractivity contribution in [3.05, 3.63) is 99.6 Å². The molecule has 2 aliphatic carbocycles. The number of carbonyl (C=O) groups excluding carboxylic acids is 4. The summed E-state index contributed by atoms with van der Waals surface area (Å²) in [6.07, 6.45) is 2.42. The van der Waals surface area contributed by atoms with Crippen LogP contribution in [0, 0.1) is 23.7 Å². The van der Waals surface area contributed by atoms with Crippen LogP contribution in [0.1, 0.15) is 36.8 Å². The van der Waals surface area contributed by atoms with Crippen LogP contribution in [0.3, 0.4) is 0 Å². The molecule has 2 saturated heterocycles. The van der Waals surface area contributed by atoms with Gasteiger partial charge in [-0.25, -0.2) is 0 Å². The van der Waals surface area contributed by atoms with Crippen LogP contribution in [-0.4, -0.2) is 52.3 Å². The molecule has 6 unspecified atom stereocenters. The van der Waals surface area contributed by atoms with E-state index in [4.69, 9.17) is 27.9 Å². The van der Waals surface area contributed by atoms with Crippen molar-refractivity contribution in [3.8, 4) is 11.5 Å². The summed E-state index contributed by atoms with van der Waals surface area (Å²) in [6.45, 7) is 2.03. The number of carbonyl (C=O) groups is 4. The predicted octanol–water partition coefficient (Wildman–Crippen LogP) is 5.71. The Morgan fingerprint density at radius 2 is 1.70 bits per heavy atom. The number of aromatic hydroxyl groups is 1. The van der Waals surface area contributed by atoms with Crippen molar-refractivity contribution in [1.82, 2.24) is 9.91 Å². The number of fused-ring (bicyclic) bond motifs is 4. The van der Waals surface area contributed by atoms with Gasteiger partial charge in [0.25, 0.3) is 11.8 Å². The highest BCUT2D eigenvalue weighted by molar-refractivity contribution is 6.36. The predicted molar refractivity (Wildman–Crippen MR) is 171 cm³/mol. The van der Waals surface area contributed by atoms with E-state index < -0.39 is 46.8 Å². The molecule has 11 heteroatoms. The van der Waals surface area contributed by atoms with Crippen molar-refractivity contribution in [2.45, 2.75) is 31.1 Å². The Hall–Kier alpha value is -4.34. The normalized spacial score (nSPS) is 28.5. The molecule has 4 aliphatic rings. The minimum Gasteiger partial charge on any atom is -0.508 e. The number of nitrogens with one attached hydrogen (secondary N) is 1. The molecular formula is C35H31Cl2N3O6. The lowest BCUT2D eigenvalue weighted by Crippen LogP contribution is -2.53. The molecule has 3 aromatic rings. The smallest absolute Gasteiger partial charge is 0.260 e. The molecule has 3 fully saturated rings. The lowest BCUT2D eigenvalue weighted by molar-refractivity contribution is -0.141. The van der Waals surface area contributed by atoms with Gasteiger partial charge in [-0.2, -0.15) is 5.01 Å². The quantitative estimate of drug-likeness (QED) is 0.257. The first-order chi connectivity index (χ1) is 22.1. The fraction of sp³-hybridized carbons (Fsp3) is 0.314. The molecule has 1 saturated carbocycles. The maximum atomic E-state index is 15.1. The van der Waals surface area contributed by atoms with Crippen LogP contribution in [0.25, 0.3) is 0 Å². The molecule has 2 heterocycles. The van der Waals surface area contributed by atoms with Gasteiger partial charge in [0.1, 0.15) is 11.5 Å². The second-order valence-electron chi connectivity index (χ2n) is 12.2. The Labute approximate surface area is 275 Å². The lowest BCUT2D eigenvalue weighted by Gasteiger charge is -2.50. The number of rotatable bonds is 6. The van der Waals surface area contributed by atoms with Crippen LogP contribution < -0.4 is 10.2 Å². The minimum atomic E-state index is -1.53. The summed E-state index contributed by atoms with van der Waals surface area (Å²) >= 11 is 12.6. The third kappa shape index (κ3) is 4.21. The number of anilines is 1. The van der Waals surface area contributed by atoms with Gasteiger partial charge in [-0.15, -0.1) is 0 Å². The first-order valence-electron chi connectivity index (χ1n) is 15.2. The summed E-state index contributed by atoms with van der Waals surface area (Å²) in [4.78, 5) is 58.2. The van der Waals surface area contributed by atoms with Gasteiger partial charge in [-0.3, -0.25) is 29.5 Å². The number of imide groups is 2. The number of benzene rings is 3. The zero-order valence-electron chi connectivity index (χ0n) is 25.1. The fourth-order valence-electron chi connectivity index (χ4n) is 8.30. The van der Waals surface area contributed by atoms with Crippen molar-refractivity contribution >= 4 is 52.5 Å². The van der Waals surface area contributed by atoms with Crippen molar-refractivity contribution in [1.29, 1.82) is 0 Å². The van der Waals surface area contributed by atoms with E-state index in [1.165, 1.54) is 11.0 Å². The maximum absolute atomic E-state index is 15.1. The lowest BCUT2D eigenvalue weighted by atomic mass is 9.49. The number of para-hydroxylation sites is 1. The summed E-state index contributed by atoms with van der Waals surface area (Å²) in [7, 11) is 1.54. The van der Waals surface area contributed by atoms with E-state index in [0.717, 1.165) is 10.6 Å². The molecule has 0 bridgehead atoms. The maximum Gasteiger partial charge on any atom is 0.260 e.